The summed E-state index contributed by atoms with van der Waals surface area (Å²) in [5.74, 6) is 1.54. The molecule has 3 aromatic rings. The second-order valence-electron chi connectivity index (χ2n) is 3.02. The maximum Gasteiger partial charge on any atom is 0.187 e. The summed E-state index contributed by atoms with van der Waals surface area (Å²) in [6.45, 7) is 0. The summed E-state index contributed by atoms with van der Waals surface area (Å²) in [7, 11) is 0. The highest BCUT2D eigenvalue weighted by atomic mass is 32.1. The number of nitrogens with zero attached hydrogens (tertiary/aromatic N) is 1. The number of furan rings is 1. The summed E-state index contributed by atoms with van der Waals surface area (Å²) in [5, 5.41) is 5.81. The van der Waals surface area contributed by atoms with Crippen molar-refractivity contribution in [3.63, 3.8) is 0 Å². The standard InChI is InChI=1S/C11H7NO2S/c1-3-9(13-5-1)8-7-12-14-11(8)10-4-2-6-15-10/h1-7H. The van der Waals surface area contributed by atoms with Crippen LogP contribution in [0.4, 0.5) is 0 Å². The SMILES string of the molecule is c1coc(-c2cnoc2-c2cccs2)c1. The molecule has 0 spiro atoms. The van der Waals surface area contributed by atoms with Crippen LogP contribution in [0.15, 0.2) is 51.0 Å². The lowest BCUT2D eigenvalue weighted by atomic mass is 10.2. The van der Waals surface area contributed by atoms with Gasteiger partial charge in [0.2, 0.25) is 0 Å². The molecule has 74 valence electrons. The lowest BCUT2D eigenvalue weighted by Crippen LogP contribution is -1.72. The molecule has 4 heteroatoms. The highest BCUT2D eigenvalue weighted by Gasteiger charge is 2.14. The molecule has 3 nitrogen and oxygen atoms in total. The summed E-state index contributed by atoms with van der Waals surface area (Å²) < 4.78 is 10.6. The van der Waals surface area contributed by atoms with Gasteiger partial charge in [-0.1, -0.05) is 11.2 Å². The zero-order valence-electron chi connectivity index (χ0n) is 7.71. The van der Waals surface area contributed by atoms with E-state index in [0.29, 0.717) is 0 Å². The van der Waals surface area contributed by atoms with Crippen LogP contribution >= 0.6 is 11.3 Å². The molecule has 0 fully saturated rings. The molecule has 0 aliphatic rings. The van der Waals surface area contributed by atoms with Gasteiger partial charge in [-0.25, -0.2) is 0 Å². The van der Waals surface area contributed by atoms with Crippen molar-refractivity contribution in [1.29, 1.82) is 0 Å². The summed E-state index contributed by atoms with van der Waals surface area (Å²) in [6, 6.07) is 7.72. The van der Waals surface area contributed by atoms with Gasteiger partial charge >= 0.3 is 0 Å². The summed E-state index contributed by atoms with van der Waals surface area (Å²) in [4.78, 5) is 1.05. The van der Waals surface area contributed by atoms with Crippen molar-refractivity contribution in [2.24, 2.45) is 0 Å². The summed E-state index contributed by atoms with van der Waals surface area (Å²) in [5.41, 5.74) is 0.891. The van der Waals surface area contributed by atoms with Crippen molar-refractivity contribution in [3.8, 4) is 22.0 Å². The summed E-state index contributed by atoms with van der Waals surface area (Å²) in [6.07, 6.45) is 3.31. The van der Waals surface area contributed by atoms with Gasteiger partial charge in [0.1, 0.15) is 5.76 Å². The molecular weight excluding hydrogens is 210 g/mol. The van der Waals surface area contributed by atoms with Crippen LogP contribution in [0, 0.1) is 0 Å². The monoisotopic (exact) mass is 217 g/mol. The molecule has 0 aliphatic heterocycles. The first-order chi connectivity index (χ1) is 7.45. The smallest absolute Gasteiger partial charge is 0.187 e. The van der Waals surface area contributed by atoms with Crippen LogP contribution in [0.2, 0.25) is 0 Å². The average Bonchev–Trinajstić information content (AvgIpc) is 3.01. The maximum atomic E-state index is 5.32. The van der Waals surface area contributed by atoms with Crippen LogP contribution < -0.4 is 0 Å². The third-order valence-corrected chi connectivity index (χ3v) is 2.97. The minimum absolute atomic E-state index is 0.764. The Morgan fingerprint density at radius 2 is 2.20 bits per heavy atom. The van der Waals surface area contributed by atoms with E-state index in [9.17, 15) is 0 Å². The molecule has 0 amide bonds. The van der Waals surface area contributed by atoms with Gasteiger partial charge in [0.05, 0.1) is 22.9 Å². The fourth-order valence-corrected chi connectivity index (χ4v) is 2.15. The molecule has 15 heavy (non-hydrogen) atoms. The molecule has 0 aromatic carbocycles. The normalized spacial score (nSPS) is 10.7. The Bertz CT molecular complexity index is 488. The first kappa shape index (κ1) is 8.49. The third kappa shape index (κ3) is 1.39. The van der Waals surface area contributed by atoms with E-state index in [1.165, 1.54) is 0 Å². The second-order valence-corrected chi connectivity index (χ2v) is 3.97. The fraction of sp³-hybridized carbons (Fsp3) is 0. The molecule has 0 N–H and O–H groups in total. The number of aromatic nitrogens is 1. The molecule has 3 rings (SSSR count). The van der Waals surface area contributed by atoms with Crippen molar-refractivity contribution < 1.29 is 8.94 Å². The van der Waals surface area contributed by atoms with Crippen LogP contribution in [0.3, 0.4) is 0 Å². The van der Waals surface area contributed by atoms with E-state index in [1.807, 2.05) is 29.6 Å². The van der Waals surface area contributed by atoms with E-state index >= 15 is 0 Å². The Morgan fingerprint density at radius 3 is 2.93 bits per heavy atom. The van der Waals surface area contributed by atoms with Gasteiger partial charge in [0, 0.05) is 0 Å². The molecule has 3 aromatic heterocycles. The molecule has 0 saturated carbocycles. The third-order valence-electron chi connectivity index (χ3n) is 2.10. The van der Waals surface area contributed by atoms with Crippen molar-refractivity contribution in [2.45, 2.75) is 0 Å². The zero-order chi connectivity index (χ0) is 10.1. The molecular formula is C11H7NO2S. The van der Waals surface area contributed by atoms with Gasteiger partial charge in [0.15, 0.2) is 5.76 Å². The van der Waals surface area contributed by atoms with Gasteiger partial charge in [-0.2, -0.15) is 0 Å². The number of thiophene rings is 1. The molecule has 0 radical (unpaired) electrons. The first-order valence-electron chi connectivity index (χ1n) is 4.47. The Kier molecular flexibility index (Phi) is 1.93. The van der Waals surface area contributed by atoms with E-state index in [4.69, 9.17) is 8.94 Å². The van der Waals surface area contributed by atoms with Gasteiger partial charge in [0.25, 0.3) is 0 Å². The molecule has 0 saturated heterocycles. The Labute approximate surface area is 89.9 Å². The highest BCUT2D eigenvalue weighted by Crippen LogP contribution is 2.34. The lowest BCUT2D eigenvalue weighted by molar-refractivity contribution is 0.433. The minimum atomic E-state index is 0.764. The van der Waals surface area contributed by atoms with Crippen molar-refractivity contribution in [3.05, 3.63) is 42.1 Å². The topological polar surface area (TPSA) is 39.2 Å². The van der Waals surface area contributed by atoms with E-state index in [-0.39, 0.29) is 0 Å². The molecule has 0 atom stereocenters. The van der Waals surface area contributed by atoms with E-state index < -0.39 is 0 Å². The number of hydrogen-bond donors (Lipinski definition) is 0. The van der Waals surface area contributed by atoms with Crippen molar-refractivity contribution in [1.82, 2.24) is 5.16 Å². The van der Waals surface area contributed by atoms with Crippen LogP contribution in [0.25, 0.3) is 22.0 Å². The quantitative estimate of drug-likeness (QED) is 0.657. The maximum absolute atomic E-state index is 5.32. The second kappa shape index (κ2) is 3.40. The van der Waals surface area contributed by atoms with Crippen LogP contribution in [0.1, 0.15) is 0 Å². The van der Waals surface area contributed by atoms with Crippen molar-refractivity contribution >= 4 is 11.3 Å². The minimum Gasteiger partial charge on any atom is -0.464 e. The van der Waals surface area contributed by atoms with Crippen LogP contribution in [-0.2, 0) is 0 Å². The Balaban J connectivity index is 2.15. The van der Waals surface area contributed by atoms with E-state index in [0.717, 1.165) is 22.0 Å². The van der Waals surface area contributed by atoms with Crippen molar-refractivity contribution in [2.75, 3.05) is 0 Å². The van der Waals surface area contributed by atoms with Gasteiger partial charge in [-0.15, -0.1) is 11.3 Å². The predicted molar refractivity (Wildman–Crippen MR) is 57.5 cm³/mol. The lowest BCUT2D eigenvalue weighted by Gasteiger charge is -1.93. The Hall–Kier alpha value is -1.81. The fourth-order valence-electron chi connectivity index (χ4n) is 1.43. The van der Waals surface area contributed by atoms with Gasteiger partial charge in [-0.05, 0) is 23.6 Å². The highest BCUT2D eigenvalue weighted by molar-refractivity contribution is 7.13. The number of rotatable bonds is 2. The Morgan fingerprint density at radius 1 is 1.20 bits per heavy atom. The van der Waals surface area contributed by atoms with Gasteiger partial charge in [-0.3, -0.25) is 0 Å². The van der Waals surface area contributed by atoms with E-state index in [1.54, 1.807) is 23.8 Å². The largest absolute Gasteiger partial charge is 0.464 e. The number of hydrogen-bond acceptors (Lipinski definition) is 4. The van der Waals surface area contributed by atoms with Gasteiger partial charge < -0.3 is 8.94 Å². The molecule has 0 bridgehead atoms. The molecule has 3 heterocycles. The first-order valence-corrected chi connectivity index (χ1v) is 5.35. The zero-order valence-corrected chi connectivity index (χ0v) is 8.53. The molecule has 0 aliphatic carbocycles. The average molecular weight is 217 g/mol. The molecule has 0 unspecified atom stereocenters. The van der Waals surface area contributed by atoms with E-state index in [2.05, 4.69) is 5.16 Å². The van der Waals surface area contributed by atoms with Crippen LogP contribution in [0.5, 0.6) is 0 Å². The predicted octanol–water partition coefficient (Wildman–Crippen LogP) is 3.66. The summed E-state index contributed by atoms with van der Waals surface area (Å²) >= 11 is 1.62. The van der Waals surface area contributed by atoms with Crippen LogP contribution in [-0.4, -0.2) is 5.16 Å².